The van der Waals surface area contributed by atoms with E-state index in [2.05, 4.69) is 16.0 Å². The molecule has 0 heterocycles. The van der Waals surface area contributed by atoms with Gasteiger partial charge in [0.15, 0.2) is 0 Å². The molecule has 4 unspecified atom stereocenters. The van der Waals surface area contributed by atoms with E-state index < -0.39 is 47.9 Å². The van der Waals surface area contributed by atoms with Gasteiger partial charge < -0.3 is 26.8 Å². The molecule has 0 saturated heterocycles. The molecule has 0 saturated carbocycles. The predicted octanol–water partition coefficient (Wildman–Crippen LogP) is -0.601. The lowest BCUT2D eigenvalue weighted by Gasteiger charge is -2.21. The summed E-state index contributed by atoms with van der Waals surface area (Å²) >= 11 is 3.04. The molecule has 0 aromatic rings. The van der Waals surface area contributed by atoms with Crippen molar-refractivity contribution in [2.45, 2.75) is 50.9 Å². The van der Waals surface area contributed by atoms with Crippen molar-refractivity contribution in [1.29, 1.82) is 0 Å². The minimum Gasteiger partial charge on any atom is -0.480 e. The summed E-state index contributed by atoms with van der Waals surface area (Å²) in [5.41, 5.74) is 5.75. The number of aliphatic carboxylic acids is 1. The summed E-state index contributed by atoms with van der Waals surface area (Å²) in [5, 5.41) is 16.5. The average molecular weight is 423 g/mol. The molecule has 11 heteroatoms. The zero-order chi connectivity index (χ0) is 21.0. The number of amides is 3. The Hall–Kier alpha value is -1.46. The highest BCUT2D eigenvalue weighted by Crippen LogP contribution is 2.02. The lowest BCUT2D eigenvalue weighted by molar-refractivity contribution is -0.142. The minimum absolute atomic E-state index is 0.281. The van der Waals surface area contributed by atoms with E-state index >= 15 is 0 Å². The summed E-state index contributed by atoms with van der Waals surface area (Å²) in [6.45, 7) is 2.93. The third-order valence-corrected chi connectivity index (χ3v) is 4.99. The van der Waals surface area contributed by atoms with E-state index in [0.29, 0.717) is 12.2 Å². The van der Waals surface area contributed by atoms with E-state index in [0.717, 1.165) is 5.75 Å². The molecule has 27 heavy (non-hydrogen) atoms. The Morgan fingerprint density at radius 3 is 1.78 bits per heavy atom. The van der Waals surface area contributed by atoms with E-state index in [1.807, 2.05) is 12.5 Å². The summed E-state index contributed by atoms with van der Waals surface area (Å²) in [4.78, 5) is 47.4. The van der Waals surface area contributed by atoms with Gasteiger partial charge >= 0.3 is 5.97 Å². The minimum atomic E-state index is -1.13. The molecule has 156 valence electrons. The molecule has 0 aliphatic carbocycles. The molecule has 0 bridgehead atoms. The molecule has 0 aliphatic rings. The Morgan fingerprint density at radius 1 is 0.852 bits per heavy atom. The number of hydrogen-bond acceptors (Lipinski definition) is 7. The monoisotopic (exact) mass is 422 g/mol. The molecule has 0 spiro atoms. The fourth-order valence-corrected chi connectivity index (χ4v) is 2.92. The van der Waals surface area contributed by atoms with Crippen molar-refractivity contribution in [3.63, 3.8) is 0 Å². The fourth-order valence-electron chi connectivity index (χ4n) is 1.96. The first-order valence-corrected chi connectivity index (χ1v) is 11.3. The van der Waals surface area contributed by atoms with E-state index in [1.54, 1.807) is 11.8 Å². The van der Waals surface area contributed by atoms with Crippen LogP contribution in [0.25, 0.3) is 0 Å². The molecule has 0 aromatic heterocycles. The molecular formula is C16H30N4O5S2. The highest BCUT2D eigenvalue weighted by atomic mass is 32.2. The zero-order valence-electron chi connectivity index (χ0n) is 16.1. The van der Waals surface area contributed by atoms with Gasteiger partial charge in [0.2, 0.25) is 17.7 Å². The Morgan fingerprint density at radius 2 is 1.30 bits per heavy atom. The summed E-state index contributed by atoms with van der Waals surface area (Å²) in [6.07, 6.45) is 4.52. The van der Waals surface area contributed by atoms with Crippen LogP contribution in [0.2, 0.25) is 0 Å². The van der Waals surface area contributed by atoms with Crippen LogP contribution in [0.15, 0.2) is 0 Å². The Kier molecular flexibility index (Phi) is 12.9. The molecular weight excluding hydrogens is 392 g/mol. The lowest BCUT2D eigenvalue weighted by Crippen LogP contribution is -2.55. The second-order valence-electron chi connectivity index (χ2n) is 6.03. The Bertz CT molecular complexity index is 521. The normalized spacial score (nSPS) is 15.1. The number of thioether (sulfide) groups is 2. The number of nitrogens with two attached hydrogens (primary N) is 1. The van der Waals surface area contributed by atoms with E-state index in [-0.39, 0.29) is 6.42 Å². The quantitative estimate of drug-likeness (QED) is 0.264. The van der Waals surface area contributed by atoms with Crippen LogP contribution in [0.5, 0.6) is 0 Å². The third kappa shape index (κ3) is 10.5. The van der Waals surface area contributed by atoms with E-state index in [9.17, 15) is 19.2 Å². The molecule has 9 nitrogen and oxygen atoms in total. The van der Waals surface area contributed by atoms with Crippen molar-refractivity contribution in [3.8, 4) is 0 Å². The van der Waals surface area contributed by atoms with Crippen LogP contribution in [-0.2, 0) is 19.2 Å². The topological polar surface area (TPSA) is 151 Å². The molecule has 0 aromatic carbocycles. The van der Waals surface area contributed by atoms with Crippen LogP contribution in [0.3, 0.4) is 0 Å². The Balaban J connectivity index is 4.54. The number of carbonyl (C=O) groups excluding carboxylic acids is 3. The van der Waals surface area contributed by atoms with Gasteiger partial charge in [-0.15, -0.1) is 0 Å². The van der Waals surface area contributed by atoms with Crippen LogP contribution in [0.1, 0.15) is 26.7 Å². The largest absolute Gasteiger partial charge is 0.480 e. The maximum Gasteiger partial charge on any atom is 0.326 e. The van der Waals surface area contributed by atoms with Crippen molar-refractivity contribution >= 4 is 47.2 Å². The Labute approximate surface area is 168 Å². The second kappa shape index (κ2) is 13.7. The van der Waals surface area contributed by atoms with Gasteiger partial charge in [-0.25, -0.2) is 4.79 Å². The lowest BCUT2D eigenvalue weighted by atomic mass is 10.2. The molecule has 4 atom stereocenters. The molecule has 0 aliphatic heterocycles. The third-order valence-electron chi connectivity index (χ3n) is 3.70. The first-order valence-electron chi connectivity index (χ1n) is 8.51. The molecule has 0 rings (SSSR count). The maximum atomic E-state index is 12.2. The second-order valence-corrected chi connectivity index (χ2v) is 8.00. The van der Waals surface area contributed by atoms with Crippen LogP contribution < -0.4 is 21.7 Å². The predicted molar refractivity (Wildman–Crippen MR) is 109 cm³/mol. The average Bonchev–Trinajstić information content (AvgIpc) is 2.62. The molecule has 0 fully saturated rings. The summed E-state index contributed by atoms with van der Waals surface area (Å²) in [6, 6.07) is -3.55. The van der Waals surface area contributed by atoms with Gasteiger partial charge in [-0.05, 0) is 50.7 Å². The highest BCUT2D eigenvalue weighted by molar-refractivity contribution is 7.98. The standard InChI is InChI=1S/C16H30N4O5S2/c1-9(19-15(23)11(17)5-7-26-3)13(21)18-10(2)14(22)20-12(16(24)25)6-8-27-4/h9-12H,5-8,17H2,1-4H3,(H,18,21)(H,19,23)(H,20,22)(H,24,25). The van der Waals surface area contributed by atoms with Crippen molar-refractivity contribution in [2.24, 2.45) is 5.73 Å². The summed E-state index contributed by atoms with van der Waals surface area (Å²) < 4.78 is 0. The van der Waals surface area contributed by atoms with Gasteiger partial charge in [0.05, 0.1) is 6.04 Å². The molecule has 0 radical (unpaired) electrons. The van der Waals surface area contributed by atoms with E-state index in [4.69, 9.17) is 10.8 Å². The van der Waals surface area contributed by atoms with Gasteiger partial charge in [-0.1, -0.05) is 0 Å². The van der Waals surface area contributed by atoms with Crippen molar-refractivity contribution in [3.05, 3.63) is 0 Å². The van der Waals surface area contributed by atoms with Crippen molar-refractivity contribution in [2.75, 3.05) is 24.0 Å². The van der Waals surface area contributed by atoms with Crippen LogP contribution in [-0.4, -0.2) is 77.0 Å². The number of carboxylic acids is 1. The number of rotatable bonds is 13. The fraction of sp³-hybridized carbons (Fsp3) is 0.750. The van der Waals surface area contributed by atoms with Gasteiger partial charge in [-0.3, -0.25) is 14.4 Å². The summed E-state index contributed by atoms with van der Waals surface area (Å²) in [5.74, 6) is -1.42. The van der Waals surface area contributed by atoms with Crippen molar-refractivity contribution < 1.29 is 24.3 Å². The first kappa shape index (κ1) is 25.5. The first-order chi connectivity index (χ1) is 12.6. The number of nitrogens with one attached hydrogen (secondary N) is 3. The maximum absolute atomic E-state index is 12.2. The van der Waals surface area contributed by atoms with Crippen LogP contribution >= 0.6 is 23.5 Å². The van der Waals surface area contributed by atoms with Crippen LogP contribution in [0, 0.1) is 0 Å². The summed E-state index contributed by atoms with van der Waals surface area (Å²) in [7, 11) is 0. The molecule has 3 amide bonds. The number of hydrogen-bond donors (Lipinski definition) is 5. The number of carbonyl (C=O) groups is 4. The van der Waals surface area contributed by atoms with Gasteiger partial charge in [-0.2, -0.15) is 23.5 Å². The van der Waals surface area contributed by atoms with Gasteiger partial charge in [0.1, 0.15) is 18.1 Å². The highest BCUT2D eigenvalue weighted by Gasteiger charge is 2.26. The number of carboxylic acid groups (broad SMARTS) is 1. The SMILES string of the molecule is CSCCC(N)C(=O)NC(C)C(=O)NC(C)C(=O)NC(CCSC)C(=O)O. The zero-order valence-corrected chi connectivity index (χ0v) is 17.7. The smallest absolute Gasteiger partial charge is 0.326 e. The van der Waals surface area contributed by atoms with E-state index in [1.165, 1.54) is 25.6 Å². The van der Waals surface area contributed by atoms with Gasteiger partial charge in [0, 0.05) is 0 Å². The van der Waals surface area contributed by atoms with Gasteiger partial charge in [0.25, 0.3) is 0 Å². The van der Waals surface area contributed by atoms with Crippen molar-refractivity contribution in [1.82, 2.24) is 16.0 Å². The molecule has 6 N–H and O–H groups in total. The van der Waals surface area contributed by atoms with Crippen LogP contribution in [0.4, 0.5) is 0 Å².